The van der Waals surface area contributed by atoms with E-state index < -0.39 is 13.1 Å². The van der Waals surface area contributed by atoms with E-state index in [2.05, 4.69) is 9.47 Å². The van der Waals surface area contributed by atoms with E-state index in [0.29, 0.717) is 0 Å². The molecule has 0 radical (unpaired) electrons. The molecule has 0 fully saturated rings. The molecule has 0 unspecified atom stereocenters. The van der Waals surface area contributed by atoms with Crippen LogP contribution in [0.2, 0.25) is 0 Å². The van der Waals surface area contributed by atoms with Crippen LogP contribution in [0.15, 0.2) is 0 Å². The normalized spacial score (nSPS) is 21.0. The van der Waals surface area contributed by atoms with Gasteiger partial charge in [0.15, 0.2) is 0 Å². The number of aliphatic hydroxyl groups is 1. The van der Waals surface area contributed by atoms with Crippen molar-refractivity contribution in [3.8, 4) is 0 Å². The monoisotopic (exact) mass is 123 g/mol. The van der Waals surface area contributed by atoms with Gasteiger partial charge in [-0.25, -0.2) is 0 Å². The molecule has 0 rings (SSSR count). The summed E-state index contributed by atoms with van der Waals surface area (Å²) < 4.78 is 28.7. The SMILES string of the molecule is [2H]C([2H])([2H])OC[C@@H](O)COC. The lowest BCUT2D eigenvalue weighted by atomic mass is 10.4. The first-order valence-electron chi connectivity index (χ1n) is 3.76. The van der Waals surface area contributed by atoms with Crippen molar-refractivity contribution < 1.29 is 18.7 Å². The van der Waals surface area contributed by atoms with Gasteiger partial charge >= 0.3 is 0 Å². The van der Waals surface area contributed by atoms with Crippen LogP contribution in [-0.4, -0.2) is 38.6 Å². The van der Waals surface area contributed by atoms with Crippen LogP contribution in [0.3, 0.4) is 0 Å². The molecule has 0 bridgehead atoms. The molecular weight excluding hydrogens is 108 g/mol. The Hall–Kier alpha value is -0.120. The number of rotatable bonds is 4. The summed E-state index contributed by atoms with van der Waals surface area (Å²) in [6, 6.07) is 0. The molecule has 0 aromatic carbocycles. The lowest BCUT2D eigenvalue weighted by Gasteiger charge is -2.05. The third kappa shape index (κ3) is 4.05. The Labute approximate surface area is 53.4 Å². The van der Waals surface area contributed by atoms with Crippen molar-refractivity contribution in [1.29, 1.82) is 0 Å². The van der Waals surface area contributed by atoms with Gasteiger partial charge in [0.1, 0.15) is 6.10 Å². The summed E-state index contributed by atoms with van der Waals surface area (Å²) in [5.41, 5.74) is 0. The molecule has 0 aromatic heterocycles. The summed E-state index contributed by atoms with van der Waals surface area (Å²) in [6.45, 7) is -0.152. The highest BCUT2D eigenvalue weighted by Crippen LogP contribution is 1.82. The van der Waals surface area contributed by atoms with Gasteiger partial charge in [-0.05, 0) is 0 Å². The lowest BCUT2D eigenvalue weighted by Crippen LogP contribution is -2.19. The molecule has 0 spiro atoms. The van der Waals surface area contributed by atoms with Gasteiger partial charge in [0.25, 0.3) is 0 Å². The maximum atomic E-state index is 8.91. The smallest absolute Gasteiger partial charge is 0.101 e. The van der Waals surface area contributed by atoms with Crippen LogP contribution in [-0.2, 0) is 9.47 Å². The summed E-state index contributed by atoms with van der Waals surface area (Å²) in [5.74, 6) is 0. The van der Waals surface area contributed by atoms with Gasteiger partial charge in [-0.3, -0.25) is 0 Å². The molecule has 0 heterocycles. The Morgan fingerprint density at radius 1 is 1.62 bits per heavy atom. The first-order chi connectivity index (χ1) is 4.95. The molecular formula is C5H12O3. The zero-order chi connectivity index (χ0) is 8.91. The molecule has 8 heavy (non-hydrogen) atoms. The average molecular weight is 123 g/mol. The van der Waals surface area contributed by atoms with E-state index >= 15 is 0 Å². The second-order valence-corrected chi connectivity index (χ2v) is 1.42. The van der Waals surface area contributed by atoms with Crippen molar-refractivity contribution in [2.24, 2.45) is 0 Å². The van der Waals surface area contributed by atoms with Crippen molar-refractivity contribution >= 4 is 0 Å². The van der Waals surface area contributed by atoms with E-state index in [-0.39, 0.29) is 13.2 Å². The van der Waals surface area contributed by atoms with Crippen molar-refractivity contribution in [3.05, 3.63) is 0 Å². The topological polar surface area (TPSA) is 38.7 Å². The molecule has 50 valence electrons. The Balaban J connectivity index is 3.38. The number of methoxy groups -OCH3 is 2. The van der Waals surface area contributed by atoms with Gasteiger partial charge in [-0.2, -0.15) is 0 Å². The van der Waals surface area contributed by atoms with Gasteiger partial charge in [-0.1, -0.05) is 0 Å². The fourth-order valence-corrected chi connectivity index (χ4v) is 0.337. The maximum Gasteiger partial charge on any atom is 0.101 e. The van der Waals surface area contributed by atoms with Crippen LogP contribution in [0.1, 0.15) is 4.11 Å². The number of hydrogen-bond acceptors (Lipinski definition) is 3. The molecule has 0 saturated heterocycles. The van der Waals surface area contributed by atoms with Gasteiger partial charge in [0.05, 0.1) is 17.3 Å². The van der Waals surface area contributed by atoms with Crippen molar-refractivity contribution in [2.75, 3.05) is 27.4 Å². The molecule has 0 saturated carbocycles. The van der Waals surface area contributed by atoms with Crippen LogP contribution in [0.5, 0.6) is 0 Å². The highest BCUT2D eigenvalue weighted by Gasteiger charge is 1.99. The number of ether oxygens (including phenoxy) is 2. The minimum absolute atomic E-state index is 0.0794. The van der Waals surface area contributed by atoms with Crippen molar-refractivity contribution in [3.63, 3.8) is 0 Å². The van der Waals surface area contributed by atoms with Crippen LogP contribution in [0.25, 0.3) is 0 Å². The van der Waals surface area contributed by atoms with Crippen LogP contribution in [0, 0.1) is 0 Å². The van der Waals surface area contributed by atoms with Gasteiger partial charge < -0.3 is 14.6 Å². The standard InChI is InChI=1S/C5H12O3/c1-7-3-5(6)4-8-2/h5-6H,3-4H2,1-2H3/i1D3/t5-/m1/s1. The highest BCUT2D eigenvalue weighted by molar-refractivity contribution is 4.47. The lowest BCUT2D eigenvalue weighted by molar-refractivity contribution is 0.00980. The molecule has 0 aromatic rings. The number of aliphatic hydroxyl groups excluding tert-OH is 1. The molecule has 3 heteroatoms. The fraction of sp³-hybridized carbons (Fsp3) is 1.00. The Bertz CT molecular complexity index is 104. The summed E-state index contributed by atoms with van der Waals surface area (Å²) in [6.07, 6.45) is -0.875. The zero-order valence-electron chi connectivity index (χ0n) is 7.76. The Kier molecular flexibility index (Phi) is 2.40. The molecule has 3 nitrogen and oxygen atoms in total. The summed E-state index contributed by atoms with van der Waals surface area (Å²) >= 11 is 0. The third-order valence-electron chi connectivity index (χ3n) is 0.635. The highest BCUT2D eigenvalue weighted by atomic mass is 16.5. The third-order valence-corrected chi connectivity index (χ3v) is 0.635. The maximum absolute atomic E-state index is 8.91. The minimum Gasteiger partial charge on any atom is -0.388 e. The van der Waals surface area contributed by atoms with E-state index in [9.17, 15) is 0 Å². The van der Waals surface area contributed by atoms with Crippen molar-refractivity contribution in [2.45, 2.75) is 6.10 Å². The molecule has 0 aliphatic rings. The van der Waals surface area contributed by atoms with Gasteiger partial charge in [0, 0.05) is 14.1 Å². The first kappa shape index (κ1) is 3.82. The largest absolute Gasteiger partial charge is 0.388 e. The first-order valence-corrected chi connectivity index (χ1v) is 2.26. The second kappa shape index (κ2) is 5.03. The molecule has 1 N–H and O–H groups in total. The van der Waals surface area contributed by atoms with Crippen molar-refractivity contribution in [1.82, 2.24) is 0 Å². The predicted molar refractivity (Wildman–Crippen MR) is 29.8 cm³/mol. The molecule has 1 atom stereocenters. The van der Waals surface area contributed by atoms with Gasteiger partial charge in [0.2, 0.25) is 0 Å². The van der Waals surface area contributed by atoms with Crippen LogP contribution in [0.4, 0.5) is 0 Å². The van der Waals surface area contributed by atoms with E-state index in [0.717, 1.165) is 0 Å². The molecule has 0 amide bonds. The second-order valence-electron chi connectivity index (χ2n) is 1.42. The van der Waals surface area contributed by atoms with E-state index in [1.54, 1.807) is 0 Å². The summed E-state index contributed by atoms with van der Waals surface area (Å²) in [4.78, 5) is 0. The molecule has 0 aliphatic heterocycles. The van der Waals surface area contributed by atoms with E-state index in [1.165, 1.54) is 7.11 Å². The molecule has 0 aliphatic carbocycles. The minimum atomic E-state index is -2.44. The quantitative estimate of drug-likeness (QED) is 0.555. The zero-order valence-corrected chi connectivity index (χ0v) is 4.76. The van der Waals surface area contributed by atoms with E-state index in [1.807, 2.05) is 0 Å². The van der Waals surface area contributed by atoms with Gasteiger partial charge in [-0.15, -0.1) is 0 Å². The van der Waals surface area contributed by atoms with Crippen LogP contribution >= 0.6 is 0 Å². The Morgan fingerprint density at radius 2 is 2.25 bits per heavy atom. The van der Waals surface area contributed by atoms with Crippen LogP contribution < -0.4 is 0 Å². The van der Waals surface area contributed by atoms with E-state index in [4.69, 9.17) is 9.22 Å². The average Bonchev–Trinajstić information content (AvgIpc) is 1.83. The number of hydrogen-bond donors (Lipinski definition) is 1. The predicted octanol–water partition coefficient (Wildman–Crippen LogP) is -0.360. The Morgan fingerprint density at radius 3 is 2.75 bits per heavy atom. The fourth-order valence-electron chi connectivity index (χ4n) is 0.337. The summed E-state index contributed by atoms with van der Waals surface area (Å²) in [5, 5.41) is 8.91. The summed E-state index contributed by atoms with van der Waals surface area (Å²) in [7, 11) is -1.02.